The van der Waals surface area contributed by atoms with Gasteiger partial charge in [-0.25, -0.2) is 0 Å². The molecule has 1 N–H and O–H groups in total. The zero-order valence-electron chi connectivity index (χ0n) is 12.2. The Morgan fingerprint density at radius 1 is 1.14 bits per heavy atom. The van der Waals surface area contributed by atoms with Crippen molar-refractivity contribution in [1.29, 1.82) is 0 Å². The molecule has 1 amide bonds. The number of carbonyl (C=O) groups is 1. The van der Waals surface area contributed by atoms with Crippen LogP contribution in [0.15, 0.2) is 60.8 Å². The summed E-state index contributed by atoms with van der Waals surface area (Å²) in [5.41, 5.74) is 2.16. The standard InChI is InChI=1S/C18H16N2O2/c1-2-22-14-7-3-6-13(12-14)18(21)20-17-10-4-9-16-15(17)8-5-11-19-16/h3-12H,2H2,1H3,(H,20,21). The molecule has 0 spiro atoms. The fourth-order valence-corrected chi connectivity index (χ4v) is 2.30. The lowest BCUT2D eigenvalue weighted by Crippen LogP contribution is -2.12. The lowest BCUT2D eigenvalue weighted by atomic mass is 10.1. The minimum absolute atomic E-state index is 0.169. The summed E-state index contributed by atoms with van der Waals surface area (Å²) in [4.78, 5) is 16.7. The SMILES string of the molecule is CCOc1cccc(C(=O)Nc2cccc3ncccc23)c1. The molecule has 0 saturated heterocycles. The summed E-state index contributed by atoms with van der Waals surface area (Å²) in [5, 5.41) is 3.85. The smallest absolute Gasteiger partial charge is 0.255 e. The van der Waals surface area contributed by atoms with Crippen molar-refractivity contribution in [1.82, 2.24) is 4.98 Å². The highest BCUT2D eigenvalue weighted by atomic mass is 16.5. The van der Waals surface area contributed by atoms with E-state index in [0.29, 0.717) is 17.9 Å². The number of ether oxygens (including phenoxy) is 1. The van der Waals surface area contributed by atoms with Crippen molar-refractivity contribution in [3.05, 3.63) is 66.4 Å². The molecule has 1 aromatic heterocycles. The van der Waals surface area contributed by atoms with Crippen LogP contribution in [0.3, 0.4) is 0 Å². The van der Waals surface area contributed by atoms with Crippen LogP contribution in [0.2, 0.25) is 0 Å². The van der Waals surface area contributed by atoms with Crippen LogP contribution in [0.5, 0.6) is 5.75 Å². The van der Waals surface area contributed by atoms with Crippen LogP contribution in [-0.2, 0) is 0 Å². The van der Waals surface area contributed by atoms with Crippen LogP contribution in [-0.4, -0.2) is 17.5 Å². The molecular weight excluding hydrogens is 276 g/mol. The highest BCUT2D eigenvalue weighted by Crippen LogP contribution is 2.22. The van der Waals surface area contributed by atoms with Gasteiger partial charge in [0.2, 0.25) is 0 Å². The maximum absolute atomic E-state index is 12.4. The number of rotatable bonds is 4. The minimum Gasteiger partial charge on any atom is -0.494 e. The summed E-state index contributed by atoms with van der Waals surface area (Å²) >= 11 is 0. The number of hydrogen-bond acceptors (Lipinski definition) is 3. The molecule has 0 aliphatic carbocycles. The number of hydrogen-bond donors (Lipinski definition) is 1. The van der Waals surface area contributed by atoms with Crippen molar-refractivity contribution < 1.29 is 9.53 Å². The van der Waals surface area contributed by atoms with Gasteiger partial charge in [-0.1, -0.05) is 12.1 Å². The molecule has 4 nitrogen and oxygen atoms in total. The summed E-state index contributed by atoms with van der Waals surface area (Å²) in [6.07, 6.45) is 1.74. The van der Waals surface area contributed by atoms with E-state index in [0.717, 1.165) is 16.6 Å². The largest absolute Gasteiger partial charge is 0.494 e. The van der Waals surface area contributed by atoms with E-state index >= 15 is 0 Å². The third kappa shape index (κ3) is 2.91. The average molecular weight is 292 g/mol. The Kier molecular flexibility index (Phi) is 4.01. The van der Waals surface area contributed by atoms with Gasteiger partial charge in [0.05, 0.1) is 17.8 Å². The Balaban J connectivity index is 1.88. The Bertz CT molecular complexity index is 810. The van der Waals surface area contributed by atoms with Crippen molar-refractivity contribution in [3.63, 3.8) is 0 Å². The zero-order valence-corrected chi connectivity index (χ0v) is 12.2. The molecular formula is C18H16N2O2. The van der Waals surface area contributed by atoms with Crippen molar-refractivity contribution in [2.24, 2.45) is 0 Å². The topological polar surface area (TPSA) is 51.2 Å². The van der Waals surface area contributed by atoms with Gasteiger partial charge < -0.3 is 10.1 Å². The number of aromatic nitrogens is 1. The van der Waals surface area contributed by atoms with Crippen LogP contribution in [0.1, 0.15) is 17.3 Å². The molecule has 4 heteroatoms. The summed E-state index contributed by atoms with van der Waals surface area (Å²) < 4.78 is 5.43. The number of nitrogens with zero attached hydrogens (tertiary/aromatic N) is 1. The molecule has 0 atom stereocenters. The first-order valence-corrected chi connectivity index (χ1v) is 7.16. The van der Waals surface area contributed by atoms with Crippen LogP contribution in [0, 0.1) is 0 Å². The molecule has 0 aliphatic heterocycles. The molecule has 2 aromatic carbocycles. The van der Waals surface area contributed by atoms with Crippen molar-refractivity contribution in [2.45, 2.75) is 6.92 Å². The number of carbonyl (C=O) groups excluding carboxylic acids is 1. The quantitative estimate of drug-likeness (QED) is 0.793. The first-order valence-electron chi connectivity index (χ1n) is 7.16. The van der Waals surface area contributed by atoms with Crippen LogP contribution >= 0.6 is 0 Å². The Hall–Kier alpha value is -2.88. The number of anilines is 1. The first-order chi connectivity index (χ1) is 10.8. The maximum atomic E-state index is 12.4. The van der Waals surface area contributed by atoms with E-state index in [9.17, 15) is 4.79 Å². The summed E-state index contributed by atoms with van der Waals surface area (Å²) in [7, 11) is 0. The van der Waals surface area contributed by atoms with Gasteiger partial charge in [-0.15, -0.1) is 0 Å². The predicted molar refractivity (Wildman–Crippen MR) is 87.3 cm³/mol. The maximum Gasteiger partial charge on any atom is 0.255 e. The third-order valence-corrected chi connectivity index (χ3v) is 3.30. The lowest BCUT2D eigenvalue weighted by Gasteiger charge is -2.09. The van der Waals surface area contributed by atoms with Gasteiger partial charge in [0.1, 0.15) is 5.75 Å². The Labute approximate surface area is 128 Å². The van der Waals surface area contributed by atoms with Crippen molar-refractivity contribution in [3.8, 4) is 5.75 Å². The zero-order chi connectivity index (χ0) is 15.4. The van der Waals surface area contributed by atoms with E-state index in [-0.39, 0.29) is 5.91 Å². The average Bonchev–Trinajstić information content (AvgIpc) is 2.56. The second-order valence-corrected chi connectivity index (χ2v) is 4.79. The molecule has 0 radical (unpaired) electrons. The summed E-state index contributed by atoms with van der Waals surface area (Å²) in [6.45, 7) is 2.48. The van der Waals surface area contributed by atoms with E-state index in [2.05, 4.69) is 10.3 Å². The van der Waals surface area contributed by atoms with Crippen molar-refractivity contribution in [2.75, 3.05) is 11.9 Å². The molecule has 3 rings (SSSR count). The lowest BCUT2D eigenvalue weighted by molar-refractivity contribution is 0.102. The summed E-state index contributed by atoms with van der Waals surface area (Å²) in [5.74, 6) is 0.521. The highest BCUT2D eigenvalue weighted by Gasteiger charge is 2.09. The molecule has 110 valence electrons. The molecule has 0 fully saturated rings. The van der Waals surface area contributed by atoms with Gasteiger partial charge in [-0.05, 0) is 49.4 Å². The second kappa shape index (κ2) is 6.26. The fraction of sp³-hybridized carbons (Fsp3) is 0.111. The van der Waals surface area contributed by atoms with E-state index in [1.54, 1.807) is 18.3 Å². The first kappa shape index (κ1) is 14.1. The van der Waals surface area contributed by atoms with Crippen LogP contribution < -0.4 is 10.1 Å². The van der Waals surface area contributed by atoms with E-state index in [4.69, 9.17) is 4.74 Å². The van der Waals surface area contributed by atoms with Gasteiger partial charge in [-0.2, -0.15) is 0 Å². The van der Waals surface area contributed by atoms with Gasteiger partial charge in [0.25, 0.3) is 5.91 Å². The number of benzene rings is 2. The van der Waals surface area contributed by atoms with E-state index < -0.39 is 0 Å². The number of amides is 1. The monoisotopic (exact) mass is 292 g/mol. The number of nitrogens with one attached hydrogen (secondary N) is 1. The van der Waals surface area contributed by atoms with Crippen molar-refractivity contribution >= 4 is 22.5 Å². The van der Waals surface area contributed by atoms with Crippen LogP contribution in [0.4, 0.5) is 5.69 Å². The normalized spacial score (nSPS) is 10.4. The second-order valence-electron chi connectivity index (χ2n) is 4.79. The molecule has 3 aromatic rings. The number of pyridine rings is 1. The predicted octanol–water partition coefficient (Wildman–Crippen LogP) is 3.89. The molecule has 0 unspecified atom stereocenters. The molecule has 0 aliphatic rings. The third-order valence-electron chi connectivity index (χ3n) is 3.30. The van der Waals surface area contributed by atoms with E-state index in [1.165, 1.54) is 0 Å². The molecule has 22 heavy (non-hydrogen) atoms. The Morgan fingerprint density at radius 3 is 2.86 bits per heavy atom. The van der Waals surface area contributed by atoms with E-state index in [1.807, 2.05) is 49.4 Å². The van der Waals surface area contributed by atoms with Crippen LogP contribution in [0.25, 0.3) is 10.9 Å². The Morgan fingerprint density at radius 2 is 2.00 bits per heavy atom. The molecule has 0 saturated carbocycles. The fourth-order valence-electron chi connectivity index (χ4n) is 2.30. The molecule has 0 bridgehead atoms. The van der Waals surface area contributed by atoms with Gasteiger partial charge in [0, 0.05) is 17.1 Å². The van der Waals surface area contributed by atoms with Gasteiger partial charge in [-0.3, -0.25) is 9.78 Å². The molecule has 1 heterocycles. The number of fused-ring (bicyclic) bond motifs is 1. The van der Waals surface area contributed by atoms with Gasteiger partial charge >= 0.3 is 0 Å². The summed E-state index contributed by atoms with van der Waals surface area (Å²) in [6, 6.07) is 16.6. The highest BCUT2D eigenvalue weighted by molar-refractivity contribution is 6.08. The van der Waals surface area contributed by atoms with Gasteiger partial charge in [0.15, 0.2) is 0 Å². The minimum atomic E-state index is -0.169.